The van der Waals surface area contributed by atoms with Crippen LogP contribution in [0.4, 0.5) is 0 Å². The topological polar surface area (TPSA) is 42.7 Å². The molecule has 0 aliphatic heterocycles. The molecule has 4 nitrogen and oxygen atoms in total. The Morgan fingerprint density at radius 2 is 2.20 bits per heavy atom. The van der Waals surface area contributed by atoms with E-state index >= 15 is 0 Å². The van der Waals surface area contributed by atoms with E-state index in [4.69, 9.17) is 0 Å². The lowest BCUT2D eigenvalue weighted by Gasteiger charge is -2.16. The van der Waals surface area contributed by atoms with Crippen molar-refractivity contribution >= 4 is 27.3 Å². The second kappa shape index (κ2) is 6.83. The van der Waals surface area contributed by atoms with Gasteiger partial charge < -0.3 is 5.32 Å². The first-order valence-electron chi connectivity index (χ1n) is 6.93. The summed E-state index contributed by atoms with van der Waals surface area (Å²) >= 11 is 5.43. The Balaban J connectivity index is 2.32. The molecule has 110 valence electrons. The molecule has 1 atom stereocenters. The molecule has 1 unspecified atom stereocenters. The lowest BCUT2D eigenvalue weighted by molar-refractivity contribution is 0.543. The van der Waals surface area contributed by atoms with Crippen LogP contribution in [0.15, 0.2) is 9.98 Å². The van der Waals surface area contributed by atoms with Gasteiger partial charge in [0.2, 0.25) is 0 Å². The van der Waals surface area contributed by atoms with Crippen LogP contribution in [-0.4, -0.2) is 21.8 Å². The molecule has 0 aromatic carbocycles. The van der Waals surface area contributed by atoms with Crippen molar-refractivity contribution in [2.45, 2.75) is 46.2 Å². The summed E-state index contributed by atoms with van der Waals surface area (Å²) in [5.41, 5.74) is 5.43. The molecule has 0 radical (unpaired) electrons. The highest BCUT2D eigenvalue weighted by molar-refractivity contribution is 9.10. The Morgan fingerprint density at radius 3 is 2.70 bits per heavy atom. The maximum atomic E-state index is 4.67. The van der Waals surface area contributed by atoms with Crippen molar-refractivity contribution in [2.75, 3.05) is 7.05 Å². The van der Waals surface area contributed by atoms with Crippen LogP contribution < -0.4 is 5.32 Å². The molecule has 0 amide bonds. The van der Waals surface area contributed by atoms with E-state index < -0.39 is 0 Å². The molecule has 2 aromatic heterocycles. The van der Waals surface area contributed by atoms with Crippen LogP contribution >= 0.6 is 27.3 Å². The Morgan fingerprint density at radius 1 is 1.45 bits per heavy atom. The smallest absolute Gasteiger partial charge is 0.0798 e. The molecule has 6 heteroatoms. The number of nitrogens with zero attached hydrogens (tertiary/aromatic N) is 3. The lowest BCUT2D eigenvalue weighted by atomic mass is 10.1. The van der Waals surface area contributed by atoms with E-state index in [0.717, 1.165) is 35.2 Å². The van der Waals surface area contributed by atoms with Gasteiger partial charge in [-0.3, -0.25) is 4.68 Å². The highest BCUT2D eigenvalue weighted by Crippen LogP contribution is 2.29. The van der Waals surface area contributed by atoms with Gasteiger partial charge in [0, 0.05) is 23.9 Å². The van der Waals surface area contributed by atoms with Gasteiger partial charge in [0.1, 0.15) is 0 Å². The quantitative estimate of drug-likeness (QED) is 0.861. The Kier molecular flexibility index (Phi) is 5.35. The summed E-state index contributed by atoms with van der Waals surface area (Å²) < 4.78 is 3.26. The maximum absolute atomic E-state index is 4.67. The molecule has 0 aliphatic rings. The summed E-state index contributed by atoms with van der Waals surface area (Å²) in [4.78, 5) is 5.66. The molecule has 0 saturated heterocycles. The van der Waals surface area contributed by atoms with Crippen molar-refractivity contribution in [3.63, 3.8) is 0 Å². The number of aryl methyl sites for hydroxylation is 3. The van der Waals surface area contributed by atoms with Crippen molar-refractivity contribution in [2.24, 2.45) is 0 Å². The molecule has 0 spiro atoms. The largest absolute Gasteiger partial charge is 0.312 e. The first-order chi connectivity index (χ1) is 9.62. The van der Waals surface area contributed by atoms with E-state index in [9.17, 15) is 0 Å². The Hall–Kier alpha value is -0.720. The second-order valence-electron chi connectivity index (χ2n) is 4.72. The van der Waals surface area contributed by atoms with Crippen molar-refractivity contribution in [3.05, 3.63) is 31.9 Å². The molecule has 0 fully saturated rings. The van der Waals surface area contributed by atoms with Crippen LogP contribution in [0, 0.1) is 6.92 Å². The number of nitrogens with one attached hydrogen (secondary N) is 1. The third kappa shape index (κ3) is 2.97. The molecule has 2 aromatic rings. The normalized spacial score (nSPS) is 12.8. The van der Waals surface area contributed by atoms with Gasteiger partial charge >= 0.3 is 0 Å². The first-order valence-corrected chi connectivity index (χ1v) is 8.60. The number of rotatable bonds is 6. The zero-order valence-electron chi connectivity index (χ0n) is 12.4. The summed E-state index contributed by atoms with van der Waals surface area (Å²) in [5.74, 6) is 0. The molecule has 2 rings (SSSR count). The molecule has 0 saturated carbocycles. The lowest BCUT2D eigenvalue weighted by Crippen LogP contribution is -2.20. The maximum Gasteiger partial charge on any atom is 0.0798 e. The van der Waals surface area contributed by atoms with Crippen LogP contribution in [0.5, 0.6) is 0 Å². The summed E-state index contributed by atoms with van der Waals surface area (Å²) in [6.07, 6.45) is 1.87. The van der Waals surface area contributed by atoms with Crippen molar-refractivity contribution in [1.82, 2.24) is 20.1 Å². The molecule has 0 bridgehead atoms. The average molecular weight is 357 g/mol. The first kappa shape index (κ1) is 15.7. The van der Waals surface area contributed by atoms with Crippen LogP contribution in [-0.2, 0) is 19.4 Å². The van der Waals surface area contributed by atoms with Gasteiger partial charge in [0.25, 0.3) is 0 Å². The van der Waals surface area contributed by atoms with Crippen LogP contribution in [0.1, 0.15) is 41.8 Å². The number of hydrogen-bond donors (Lipinski definition) is 1. The summed E-state index contributed by atoms with van der Waals surface area (Å²) in [6.45, 7) is 7.24. The minimum Gasteiger partial charge on any atom is -0.312 e. The summed E-state index contributed by atoms with van der Waals surface area (Å²) in [7, 11) is 2.01. The molecule has 2 heterocycles. The van der Waals surface area contributed by atoms with E-state index in [1.165, 1.54) is 10.6 Å². The third-order valence-corrected chi connectivity index (χ3v) is 5.50. The fourth-order valence-electron chi connectivity index (χ4n) is 2.38. The van der Waals surface area contributed by atoms with Gasteiger partial charge in [-0.1, -0.05) is 6.92 Å². The molecule has 1 N–H and O–H groups in total. The van der Waals surface area contributed by atoms with Crippen LogP contribution in [0.25, 0.3) is 0 Å². The van der Waals surface area contributed by atoms with Gasteiger partial charge in [0.05, 0.1) is 27.1 Å². The van der Waals surface area contributed by atoms with E-state index in [1.54, 1.807) is 11.3 Å². The minimum absolute atomic E-state index is 0.283. The Labute approximate surface area is 132 Å². The number of aromatic nitrogens is 3. The monoisotopic (exact) mass is 356 g/mol. The number of halogens is 1. The molecule has 20 heavy (non-hydrogen) atoms. The zero-order chi connectivity index (χ0) is 14.7. The van der Waals surface area contributed by atoms with Crippen molar-refractivity contribution in [1.29, 1.82) is 0 Å². The van der Waals surface area contributed by atoms with Crippen molar-refractivity contribution < 1.29 is 0 Å². The third-order valence-electron chi connectivity index (χ3n) is 3.54. The minimum atomic E-state index is 0.283. The second-order valence-corrected chi connectivity index (χ2v) is 6.40. The molecule has 0 aliphatic carbocycles. The van der Waals surface area contributed by atoms with Gasteiger partial charge in [-0.25, -0.2) is 4.98 Å². The fraction of sp³-hybridized carbons (Fsp3) is 0.571. The Bertz CT molecular complexity index is 576. The molecular weight excluding hydrogens is 336 g/mol. The standard InChI is InChI=1S/C14H21BrN4S/c1-5-10-13(15)12(19(6-2)18-10)7-11(16-4)14-9(3)17-8-20-14/h8,11,16H,5-7H2,1-4H3. The van der Waals surface area contributed by atoms with Crippen LogP contribution in [0.3, 0.4) is 0 Å². The van der Waals surface area contributed by atoms with E-state index in [1.807, 2.05) is 12.6 Å². The highest BCUT2D eigenvalue weighted by Gasteiger charge is 2.21. The highest BCUT2D eigenvalue weighted by atomic mass is 79.9. The van der Waals surface area contributed by atoms with E-state index in [0.29, 0.717) is 0 Å². The fourth-order valence-corrected chi connectivity index (χ4v) is 4.02. The average Bonchev–Trinajstić information content (AvgIpc) is 3.00. The van der Waals surface area contributed by atoms with Gasteiger partial charge in [0.15, 0.2) is 0 Å². The zero-order valence-corrected chi connectivity index (χ0v) is 14.8. The number of likely N-dealkylation sites (N-methyl/N-ethyl adjacent to an activating group) is 1. The van der Waals surface area contributed by atoms with Gasteiger partial charge in [-0.2, -0.15) is 5.10 Å². The predicted molar refractivity (Wildman–Crippen MR) is 87.3 cm³/mol. The molecular formula is C14H21BrN4S. The predicted octanol–water partition coefficient (Wildman–Crippen LogP) is 3.50. The van der Waals surface area contributed by atoms with Crippen molar-refractivity contribution in [3.8, 4) is 0 Å². The van der Waals surface area contributed by atoms with Crippen LogP contribution in [0.2, 0.25) is 0 Å². The van der Waals surface area contributed by atoms with Gasteiger partial charge in [-0.15, -0.1) is 11.3 Å². The van der Waals surface area contributed by atoms with Gasteiger partial charge in [-0.05, 0) is 43.2 Å². The number of hydrogen-bond acceptors (Lipinski definition) is 4. The van der Waals surface area contributed by atoms with E-state index in [2.05, 4.69) is 56.8 Å². The number of thiazole rings is 1. The SMILES string of the molecule is CCc1nn(CC)c(CC(NC)c2scnc2C)c1Br. The summed E-state index contributed by atoms with van der Waals surface area (Å²) in [6, 6.07) is 0.283. The van der Waals surface area contributed by atoms with E-state index in [-0.39, 0.29) is 6.04 Å². The summed E-state index contributed by atoms with van der Waals surface area (Å²) in [5, 5.41) is 8.08.